The molecule has 1 saturated heterocycles. The summed E-state index contributed by atoms with van der Waals surface area (Å²) in [7, 11) is 0. The number of nitrogens with zero attached hydrogens (tertiary/aromatic N) is 4. The van der Waals surface area contributed by atoms with Crippen LogP contribution in [0.15, 0.2) is 42.6 Å². The molecule has 2 aromatic heterocycles. The first-order valence-corrected chi connectivity index (χ1v) is 11.0. The molecule has 4 nitrogen and oxygen atoms in total. The molecule has 0 amide bonds. The fraction of sp³-hybridized carbons (Fsp3) is 0.500. The molecule has 3 heterocycles. The van der Waals surface area contributed by atoms with Crippen LogP contribution in [-0.4, -0.2) is 32.6 Å². The summed E-state index contributed by atoms with van der Waals surface area (Å²) >= 11 is 0. The van der Waals surface area contributed by atoms with Gasteiger partial charge < -0.3 is 0 Å². The van der Waals surface area contributed by atoms with Crippen molar-refractivity contribution < 1.29 is 13.2 Å². The van der Waals surface area contributed by atoms with Gasteiger partial charge in [-0.25, -0.2) is 0 Å². The topological polar surface area (TPSA) is 33.4 Å². The number of halogens is 3. The van der Waals surface area contributed by atoms with E-state index in [1.807, 2.05) is 18.2 Å². The van der Waals surface area contributed by atoms with Gasteiger partial charge in [-0.2, -0.15) is 13.2 Å². The maximum Gasteiger partial charge on any atom is 0.420 e. The minimum absolute atomic E-state index is 0.0612. The van der Waals surface area contributed by atoms with E-state index in [0.29, 0.717) is 18.2 Å². The quantitative estimate of drug-likeness (QED) is 0.556. The van der Waals surface area contributed by atoms with Crippen molar-refractivity contribution in [3.8, 4) is 0 Å². The molecule has 0 bridgehead atoms. The summed E-state index contributed by atoms with van der Waals surface area (Å²) in [5, 5.41) is 8.07. The lowest BCUT2D eigenvalue weighted by atomic mass is 9.76. The highest BCUT2D eigenvalue weighted by molar-refractivity contribution is 5.53. The van der Waals surface area contributed by atoms with Crippen molar-refractivity contribution in [1.82, 2.24) is 19.5 Å². The Balaban J connectivity index is 1.45. The van der Waals surface area contributed by atoms with Crippen LogP contribution in [0.4, 0.5) is 13.2 Å². The van der Waals surface area contributed by atoms with Gasteiger partial charge in [-0.15, -0.1) is 10.2 Å². The Bertz CT molecular complexity index is 1070. The average Bonchev–Trinajstić information content (AvgIpc) is 3.46. The Morgan fingerprint density at radius 1 is 1.10 bits per heavy atom. The predicted octanol–water partition coefficient (Wildman–Crippen LogP) is 5.25. The standard InChI is InChI=1S/C24H27F3N4/c1-23(19-6-3-2-4-7-19)11-5-12-30(16-23)15-18-10-13-31-20(14-17-8-9-17)28-29-22(31)21(18)24(25,26)27/h2-4,6-7,10,13,17H,5,8-9,11-12,14-16H2,1H3. The van der Waals surface area contributed by atoms with Gasteiger partial charge in [0, 0.05) is 31.1 Å². The number of alkyl halides is 3. The minimum atomic E-state index is -4.47. The second-order valence-electron chi connectivity index (χ2n) is 9.41. The van der Waals surface area contributed by atoms with Gasteiger partial charge in [0.25, 0.3) is 0 Å². The van der Waals surface area contributed by atoms with Gasteiger partial charge in [-0.05, 0) is 55.3 Å². The van der Waals surface area contributed by atoms with Crippen LogP contribution >= 0.6 is 0 Å². The summed E-state index contributed by atoms with van der Waals surface area (Å²) in [6, 6.07) is 11.9. The van der Waals surface area contributed by atoms with Crippen LogP contribution in [0.2, 0.25) is 0 Å². The average molecular weight is 429 g/mol. The third kappa shape index (κ3) is 4.07. The molecule has 2 fully saturated rings. The smallest absolute Gasteiger partial charge is 0.298 e. The lowest BCUT2D eigenvalue weighted by molar-refractivity contribution is -0.137. The van der Waals surface area contributed by atoms with Crippen LogP contribution in [0.25, 0.3) is 5.65 Å². The number of aromatic nitrogens is 3. The molecule has 7 heteroatoms. The van der Waals surface area contributed by atoms with Crippen LogP contribution in [0.3, 0.4) is 0 Å². The van der Waals surface area contributed by atoms with E-state index in [9.17, 15) is 13.2 Å². The number of piperidine rings is 1. The predicted molar refractivity (Wildman–Crippen MR) is 113 cm³/mol. The summed E-state index contributed by atoms with van der Waals surface area (Å²) in [6.45, 7) is 4.01. The Morgan fingerprint density at radius 3 is 2.58 bits per heavy atom. The van der Waals surface area contributed by atoms with Crippen molar-refractivity contribution in [2.75, 3.05) is 13.1 Å². The molecule has 0 radical (unpaired) electrons. The third-order valence-corrected chi connectivity index (χ3v) is 6.83. The number of pyridine rings is 1. The molecule has 3 aromatic rings. The molecule has 0 spiro atoms. The highest BCUT2D eigenvalue weighted by atomic mass is 19.4. The zero-order valence-electron chi connectivity index (χ0n) is 17.7. The monoisotopic (exact) mass is 428 g/mol. The van der Waals surface area contributed by atoms with Gasteiger partial charge in [0.15, 0.2) is 5.65 Å². The largest absolute Gasteiger partial charge is 0.420 e. The van der Waals surface area contributed by atoms with Gasteiger partial charge in [-0.3, -0.25) is 9.30 Å². The maximum absolute atomic E-state index is 14.1. The minimum Gasteiger partial charge on any atom is -0.298 e. The summed E-state index contributed by atoms with van der Waals surface area (Å²) in [4.78, 5) is 2.15. The number of hydrogen-bond acceptors (Lipinski definition) is 3. The Labute approximate surface area is 180 Å². The highest BCUT2D eigenvalue weighted by Gasteiger charge is 2.39. The summed E-state index contributed by atoms with van der Waals surface area (Å²) < 4.78 is 43.9. The summed E-state index contributed by atoms with van der Waals surface area (Å²) in [5.41, 5.74) is 0.755. The van der Waals surface area contributed by atoms with Crippen molar-refractivity contribution in [2.45, 2.75) is 57.2 Å². The highest BCUT2D eigenvalue weighted by Crippen LogP contribution is 2.39. The lowest BCUT2D eigenvalue weighted by Crippen LogP contribution is -2.44. The number of benzene rings is 1. The molecule has 0 N–H and O–H groups in total. The normalized spacial score (nSPS) is 22.8. The number of hydrogen-bond donors (Lipinski definition) is 0. The second kappa shape index (κ2) is 7.62. The van der Waals surface area contributed by atoms with Gasteiger partial charge in [-0.1, -0.05) is 37.3 Å². The molecule has 164 valence electrons. The lowest BCUT2D eigenvalue weighted by Gasteiger charge is -2.41. The first-order valence-electron chi connectivity index (χ1n) is 11.0. The zero-order valence-corrected chi connectivity index (χ0v) is 17.7. The molecule has 1 atom stereocenters. The molecule has 31 heavy (non-hydrogen) atoms. The third-order valence-electron chi connectivity index (χ3n) is 6.83. The van der Waals surface area contributed by atoms with E-state index in [1.165, 1.54) is 9.96 Å². The second-order valence-corrected chi connectivity index (χ2v) is 9.41. The van der Waals surface area contributed by atoms with Crippen molar-refractivity contribution in [1.29, 1.82) is 0 Å². The Hall–Kier alpha value is -2.41. The number of rotatable bonds is 5. The van der Waals surface area contributed by atoms with Crippen LogP contribution in [0, 0.1) is 5.92 Å². The Morgan fingerprint density at radius 2 is 1.87 bits per heavy atom. The van der Waals surface area contributed by atoms with Gasteiger partial charge in [0.2, 0.25) is 0 Å². The summed E-state index contributed by atoms with van der Waals surface area (Å²) in [5.74, 6) is 1.16. The van der Waals surface area contributed by atoms with E-state index >= 15 is 0 Å². The van der Waals surface area contributed by atoms with Crippen LogP contribution in [0.5, 0.6) is 0 Å². The summed E-state index contributed by atoms with van der Waals surface area (Å²) in [6.07, 6.45) is 2.18. The fourth-order valence-corrected chi connectivity index (χ4v) is 5.00. The van der Waals surface area contributed by atoms with Gasteiger partial charge in [0.05, 0.1) is 0 Å². The Kier molecular flexibility index (Phi) is 5.04. The van der Waals surface area contributed by atoms with E-state index in [2.05, 4.69) is 34.2 Å². The molecular weight excluding hydrogens is 401 g/mol. The van der Waals surface area contributed by atoms with Crippen LogP contribution < -0.4 is 0 Å². The van der Waals surface area contributed by atoms with Crippen molar-refractivity contribution >= 4 is 5.65 Å². The molecule has 1 aliphatic carbocycles. The van der Waals surface area contributed by atoms with E-state index in [0.717, 1.165) is 38.8 Å². The molecule has 1 saturated carbocycles. The zero-order chi connectivity index (χ0) is 21.6. The molecular formula is C24H27F3N4. The number of likely N-dealkylation sites (tertiary alicyclic amines) is 1. The van der Waals surface area contributed by atoms with Gasteiger partial charge in [0.1, 0.15) is 11.4 Å². The van der Waals surface area contributed by atoms with Crippen molar-refractivity contribution in [3.63, 3.8) is 0 Å². The van der Waals surface area contributed by atoms with E-state index in [-0.39, 0.29) is 23.2 Å². The van der Waals surface area contributed by atoms with Crippen molar-refractivity contribution in [2.24, 2.45) is 5.92 Å². The fourth-order valence-electron chi connectivity index (χ4n) is 5.00. The molecule has 2 aliphatic rings. The van der Waals surface area contributed by atoms with Crippen LogP contribution in [0.1, 0.15) is 55.1 Å². The number of fused-ring (bicyclic) bond motifs is 1. The van der Waals surface area contributed by atoms with E-state index in [4.69, 9.17) is 0 Å². The SMILES string of the molecule is CC1(c2ccccc2)CCCN(Cc2ccn3c(CC4CC4)nnc3c2C(F)(F)F)C1. The molecule has 1 aromatic carbocycles. The first kappa shape index (κ1) is 20.5. The van der Waals surface area contributed by atoms with Crippen molar-refractivity contribution in [3.05, 3.63) is 65.1 Å². The first-order chi connectivity index (χ1) is 14.8. The molecule has 1 unspecified atom stereocenters. The molecule has 1 aliphatic heterocycles. The maximum atomic E-state index is 14.1. The molecule has 5 rings (SSSR count). The van der Waals surface area contributed by atoms with E-state index < -0.39 is 11.7 Å². The van der Waals surface area contributed by atoms with Crippen LogP contribution in [-0.2, 0) is 24.6 Å². The van der Waals surface area contributed by atoms with E-state index in [1.54, 1.807) is 12.3 Å². The van der Waals surface area contributed by atoms with Gasteiger partial charge >= 0.3 is 6.18 Å².